The molecule has 0 radical (unpaired) electrons. The largest absolute Gasteiger partial charge is 0.233 e. The molecular weight excluding hydrogens is 301 g/mol. The maximum atomic E-state index is 13.6. The number of halogens is 4. The van der Waals surface area contributed by atoms with Gasteiger partial charge in [0.15, 0.2) is 5.82 Å². The monoisotopic (exact) mass is 304 g/mol. The Morgan fingerprint density at radius 3 is 2.62 bits per heavy atom. The molecule has 0 amide bonds. The van der Waals surface area contributed by atoms with E-state index in [0.717, 1.165) is 6.07 Å². The minimum absolute atomic E-state index is 0.0341. The van der Waals surface area contributed by atoms with Crippen molar-refractivity contribution in [2.45, 2.75) is 0 Å². The van der Waals surface area contributed by atoms with Crippen molar-refractivity contribution in [3.63, 3.8) is 0 Å². The standard InChI is InChI=1S/C10H4BrClF2N2/c11-10-8(14)9(15-4-16-10)6-2-1-5(13)3-7(6)12/h1-4H. The molecule has 1 aromatic heterocycles. The Morgan fingerprint density at radius 2 is 1.94 bits per heavy atom. The van der Waals surface area contributed by atoms with Crippen LogP contribution in [0.25, 0.3) is 11.3 Å². The first-order chi connectivity index (χ1) is 7.59. The molecule has 0 bridgehead atoms. The lowest BCUT2D eigenvalue weighted by molar-refractivity contribution is 0.608. The Kier molecular flexibility index (Phi) is 3.16. The van der Waals surface area contributed by atoms with Crippen molar-refractivity contribution in [1.29, 1.82) is 0 Å². The van der Waals surface area contributed by atoms with Crippen LogP contribution >= 0.6 is 27.5 Å². The topological polar surface area (TPSA) is 25.8 Å². The van der Waals surface area contributed by atoms with Crippen LogP contribution in [0.5, 0.6) is 0 Å². The molecule has 0 N–H and O–H groups in total. The highest BCUT2D eigenvalue weighted by molar-refractivity contribution is 9.10. The van der Waals surface area contributed by atoms with Crippen molar-refractivity contribution in [1.82, 2.24) is 9.97 Å². The van der Waals surface area contributed by atoms with E-state index in [9.17, 15) is 8.78 Å². The van der Waals surface area contributed by atoms with Crippen LogP contribution < -0.4 is 0 Å². The molecule has 0 fully saturated rings. The number of nitrogens with zero attached hydrogens (tertiary/aromatic N) is 2. The van der Waals surface area contributed by atoms with Gasteiger partial charge in [0, 0.05) is 5.56 Å². The Balaban J connectivity index is 2.63. The molecule has 2 aromatic rings. The van der Waals surface area contributed by atoms with E-state index in [4.69, 9.17) is 11.6 Å². The van der Waals surface area contributed by atoms with Gasteiger partial charge in [-0.15, -0.1) is 0 Å². The smallest absolute Gasteiger partial charge is 0.182 e. The van der Waals surface area contributed by atoms with Crippen LogP contribution in [0.2, 0.25) is 5.02 Å². The summed E-state index contributed by atoms with van der Waals surface area (Å²) >= 11 is 8.75. The predicted molar refractivity (Wildman–Crippen MR) is 60.1 cm³/mol. The first-order valence-corrected chi connectivity index (χ1v) is 5.38. The van der Waals surface area contributed by atoms with Gasteiger partial charge >= 0.3 is 0 Å². The third-order valence-corrected chi connectivity index (χ3v) is 2.80. The Hall–Kier alpha value is -1.07. The normalized spacial score (nSPS) is 10.5. The first kappa shape index (κ1) is 11.4. The van der Waals surface area contributed by atoms with Gasteiger partial charge in [0.05, 0.1) is 5.02 Å². The summed E-state index contributed by atoms with van der Waals surface area (Å²) in [7, 11) is 0. The van der Waals surface area contributed by atoms with Gasteiger partial charge in [0.25, 0.3) is 0 Å². The second-order valence-corrected chi connectivity index (χ2v) is 4.11. The van der Waals surface area contributed by atoms with Crippen LogP contribution in [0.15, 0.2) is 29.1 Å². The quantitative estimate of drug-likeness (QED) is 0.748. The molecule has 0 spiro atoms. The summed E-state index contributed by atoms with van der Waals surface area (Å²) < 4.78 is 26.5. The van der Waals surface area contributed by atoms with Gasteiger partial charge < -0.3 is 0 Å². The highest BCUT2D eigenvalue weighted by atomic mass is 79.9. The van der Waals surface area contributed by atoms with E-state index in [1.165, 1.54) is 18.5 Å². The summed E-state index contributed by atoms with van der Waals surface area (Å²) in [6, 6.07) is 3.67. The number of hydrogen-bond acceptors (Lipinski definition) is 2. The number of aromatic nitrogens is 2. The molecule has 16 heavy (non-hydrogen) atoms. The molecule has 0 atom stereocenters. The van der Waals surface area contributed by atoms with Gasteiger partial charge in [-0.1, -0.05) is 11.6 Å². The summed E-state index contributed by atoms with van der Waals surface area (Å²) in [6.45, 7) is 0. The minimum atomic E-state index is -0.629. The Morgan fingerprint density at radius 1 is 1.19 bits per heavy atom. The average molecular weight is 306 g/mol. The summed E-state index contributed by atoms with van der Waals surface area (Å²) in [4.78, 5) is 7.40. The van der Waals surface area contributed by atoms with Gasteiger partial charge in [-0.05, 0) is 34.1 Å². The highest BCUT2D eigenvalue weighted by Gasteiger charge is 2.14. The highest BCUT2D eigenvalue weighted by Crippen LogP contribution is 2.30. The van der Waals surface area contributed by atoms with E-state index in [-0.39, 0.29) is 15.3 Å². The van der Waals surface area contributed by atoms with Crippen molar-refractivity contribution in [2.24, 2.45) is 0 Å². The molecule has 0 unspecified atom stereocenters. The van der Waals surface area contributed by atoms with Gasteiger partial charge in [-0.25, -0.2) is 18.7 Å². The Labute approximate surface area is 103 Å². The van der Waals surface area contributed by atoms with E-state index in [2.05, 4.69) is 25.9 Å². The zero-order valence-corrected chi connectivity index (χ0v) is 10.1. The molecular formula is C10H4BrClF2N2. The fraction of sp³-hybridized carbons (Fsp3) is 0. The van der Waals surface area contributed by atoms with Crippen LogP contribution in [-0.2, 0) is 0 Å². The summed E-state index contributed by atoms with van der Waals surface area (Å²) in [5, 5.41) is 0.101. The second kappa shape index (κ2) is 4.43. The molecule has 1 heterocycles. The summed E-state index contributed by atoms with van der Waals surface area (Å²) in [5.41, 5.74) is 0.357. The first-order valence-electron chi connectivity index (χ1n) is 4.21. The zero-order chi connectivity index (χ0) is 11.7. The van der Waals surface area contributed by atoms with E-state index in [1.54, 1.807) is 0 Å². The maximum absolute atomic E-state index is 13.6. The van der Waals surface area contributed by atoms with Gasteiger partial charge in [0.1, 0.15) is 22.4 Å². The molecule has 0 aliphatic heterocycles. The zero-order valence-electron chi connectivity index (χ0n) is 7.72. The third kappa shape index (κ3) is 2.05. The third-order valence-electron chi connectivity index (χ3n) is 1.93. The van der Waals surface area contributed by atoms with E-state index < -0.39 is 11.6 Å². The SMILES string of the molecule is Fc1ccc(-c2ncnc(Br)c2F)c(Cl)c1. The predicted octanol–water partition coefficient (Wildman–Crippen LogP) is 3.84. The van der Waals surface area contributed by atoms with Crippen LogP contribution in [0.4, 0.5) is 8.78 Å². The summed E-state index contributed by atoms with van der Waals surface area (Å²) in [5.74, 6) is -1.11. The van der Waals surface area contributed by atoms with Gasteiger partial charge in [-0.3, -0.25) is 0 Å². The van der Waals surface area contributed by atoms with E-state index in [1.807, 2.05) is 0 Å². The lowest BCUT2D eigenvalue weighted by Gasteiger charge is -2.05. The number of benzene rings is 1. The average Bonchev–Trinajstić information content (AvgIpc) is 2.23. The Bertz CT molecular complexity index is 548. The molecule has 6 heteroatoms. The van der Waals surface area contributed by atoms with Gasteiger partial charge in [0.2, 0.25) is 0 Å². The molecule has 2 nitrogen and oxygen atoms in total. The lowest BCUT2D eigenvalue weighted by Crippen LogP contribution is -1.94. The molecule has 0 aliphatic carbocycles. The van der Waals surface area contributed by atoms with Crippen molar-refractivity contribution in [3.8, 4) is 11.3 Å². The van der Waals surface area contributed by atoms with E-state index >= 15 is 0 Å². The van der Waals surface area contributed by atoms with Crippen LogP contribution in [0.1, 0.15) is 0 Å². The molecule has 0 saturated carbocycles. The second-order valence-electron chi connectivity index (χ2n) is 2.95. The number of rotatable bonds is 1. The van der Waals surface area contributed by atoms with Crippen LogP contribution in [0, 0.1) is 11.6 Å². The van der Waals surface area contributed by atoms with E-state index in [0.29, 0.717) is 5.56 Å². The van der Waals surface area contributed by atoms with Gasteiger partial charge in [-0.2, -0.15) is 0 Å². The van der Waals surface area contributed by atoms with Crippen molar-refractivity contribution in [2.75, 3.05) is 0 Å². The van der Waals surface area contributed by atoms with Crippen molar-refractivity contribution >= 4 is 27.5 Å². The minimum Gasteiger partial charge on any atom is -0.233 e. The maximum Gasteiger partial charge on any atom is 0.182 e. The van der Waals surface area contributed by atoms with Crippen molar-refractivity contribution in [3.05, 3.63) is 45.8 Å². The van der Waals surface area contributed by atoms with Crippen LogP contribution in [0.3, 0.4) is 0 Å². The summed E-state index contributed by atoms with van der Waals surface area (Å²) in [6.07, 6.45) is 1.20. The lowest BCUT2D eigenvalue weighted by atomic mass is 10.1. The van der Waals surface area contributed by atoms with Crippen molar-refractivity contribution < 1.29 is 8.78 Å². The molecule has 0 saturated heterocycles. The van der Waals surface area contributed by atoms with Crippen LogP contribution in [-0.4, -0.2) is 9.97 Å². The molecule has 82 valence electrons. The molecule has 1 aromatic carbocycles. The fourth-order valence-electron chi connectivity index (χ4n) is 1.22. The number of hydrogen-bond donors (Lipinski definition) is 0. The fourth-order valence-corrected chi connectivity index (χ4v) is 1.75. The molecule has 2 rings (SSSR count). The molecule has 0 aliphatic rings.